The first-order valence-corrected chi connectivity index (χ1v) is 6.56. The summed E-state index contributed by atoms with van der Waals surface area (Å²) in [7, 11) is 1.68. The standard InChI is InChI=1S/C13H26N2O2/c1-11(17-3)4-5-12(16)15-10-13(2)6-8-14-9-7-13/h11,14H,4-10H2,1-3H3,(H,15,16). The van der Waals surface area contributed by atoms with Crippen LogP contribution < -0.4 is 10.6 Å². The number of carbonyl (C=O) groups excluding carboxylic acids is 1. The zero-order chi connectivity index (χ0) is 12.7. The molecule has 4 heteroatoms. The SMILES string of the molecule is COC(C)CCC(=O)NCC1(C)CCNCC1. The molecule has 0 radical (unpaired) electrons. The normalized spacial score (nSPS) is 20.9. The van der Waals surface area contributed by atoms with Crippen LogP contribution in [0.4, 0.5) is 0 Å². The molecule has 17 heavy (non-hydrogen) atoms. The highest BCUT2D eigenvalue weighted by atomic mass is 16.5. The van der Waals surface area contributed by atoms with Crippen molar-refractivity contribution in [3.63, 3.8) is 0 Å². The molecule has 0 saturated carbocycles. The van der Waals surface area contributed by atoms with Crippen LogP contribution in [0.1, 0.15) is 39.5 Å². The molecule has 1 unspecified atom stereocenters. The largest absolute Gasteiger partial charge is 0.382 e. The lowest BCUT2D eigenvalue weighted by Crippen LogP contribution is -2.42. The number of carbonyl (C=O) groups is 1. The molecule has 100 valence electrons. The third-order valence-electron chi connectivity index (χ3n) is 3.70. The third kappa shape index (κ3) is 5.50. The van der Waals surface area contributed by atoms with E-state index in [0.717, 1.165) is 38.9 Å². The maximum absolute atomic E-state index is 11.7. The Morgan fingerprint density at radius 3 is 2.71 bits per heavy atom. The summed E-state index contributed by atoms with van der Waals surface area (Å²) in [5, 5.41) is 6.40. The molecule has 1 saturated heterocycles. The summed E-state index contributed by atoms with van der Waals surface area (Å²) in [6.45, 7) is 7.17. The molecule has 1 aliphatic rings. The predicted octanol–water partition coefficient (Wildman–Crippen LogP) is 1.31. The molecule has 1 aliphatic heterocycles. The van der Waals surface area contributed by atoms with Crippen molar-refractivity contribution in [2.24, 2.45) is 5.41 Å². The van der Waals surface area contributed by atoms with E-state index in [1.807, 2.05) is 6.92 Å². The predicted molar refractivity (Wildman–Crippen MR) is 68.9 cm³/mol. The Morgan fingerprint density at radius 2 is 2.12 bits per heavy atom. The molecule has 0 spiro atoms. The number of methoxy groups -OCH3 is 1. The smallest absolute Gasteiger partial charge is 0.220 e. The molecule has 2 N–H and O–H groups in total. The zero-order valence-corrected chi connectivity index (χ0v) is 11.3. The van der Waals surface area contributed by atoms with Crippen LogP contribution in [-0.2, 0) is 9.53 Å². The van der Waals surface area contributed by atoms with E-state index in [2.05, 4.69) is 17.6 Å². The average Bonchev–Trinajstić information content (AvgIpc) is 2.34. The van der Waals surface area contributed by atoms with Gasteiger partial charge in [-0.1, -0.05) is 6.92 Å². The molecule has 1 rings (SSSR count). The molecule has 0 bridgehead atoms. The highest BCUT2D eigenvalue weighted by Crippen LogP contribution is 2.26. The molecule has 0 aromatic rings. The fraction of sp³-hybridized carbons (Fsp3) is 0.923. The van der Waals surface area contributed by atoms with E-state index in [0.29, 0.717) is 6.42 Å². The van der Waals surface area contributed by atoms with Crippen molar-refractivity contribution < 1.29 is 9.53 Å². The lowest BCUT2D eigenvalue weighted by molar-refractivity contribution is -0.122. The Bertz CT molecular complexity index is 238. The first-order chi connectivity index (χ1) is 8.06. The number of hydrogen-bond donors (Lipinski definition) is 2. The minimum atomic E-state index is 0.147. The van der Waals surface area contributed by atoms with Crippen LogP contribution in [-0.4, -0.2) is 38.8 Å². The molecular formula is C13H26N2O2. The van der Waals surface area contributed by atoms with Crippen LogP contribution in [0.25, 0.3) is 0 Å². The van der Waals surface area contributed by atoms with Gasteiger partial charge in [-0.05, 0) is 44.7 Å². The number of rotatable bonds is 6. The monoisotopic (exact) mass is 242 g/mol. The van der Waals surface area contributed by atoms with Gasteiger partial charge in [0.25, 0.3) is 0 Å². The summed E-state index contributed by atoms with van der Waals surface area (Å²) in [6, 6.07) is 0. The van der Waals surface area contributed by atoms with Gasteiger partial charge < -0.3 is 15.4 Å². The van der Waals surface area contributed by atoms with Crippen molar-refractivity contribution in [3.8, 4) is 0 Å². The minimum absolute atomic E-state index is 0.147. The van der Waals surface area contributed by atoms with Crippen LogP contribution >= 0.6 is 0 Å². The van der Waals surface area contributed by atoms with Crippen LogP contribution in [0.15, 0.2) is 0 Å². The van der Waals surface area contributed by atoms with Crippen molar-refractivity contribution in [1.29, 1.82) is 0 Å². The van der Waals surface area contributed by atoms with E-state index >= 15 is 0 Å². The first kappa shape index (κ1) is 14.5. The Balaban J connectivity index is 2.18. The fourth-order valence-corrected chi connectivity index (χ4v) is 2.06. The number of ether oxygens (including phenoxy) is 1. The van der Waals surface area contributed by atoms with E-state index in [1.165, 1.54) is 0 Å². The Kier molecular flexibility index (Phi) is 5.92. The van der Waals surface area contributed by atoms with Gasteiger partial charge in [0.15, 0.2) is 0 Å². The molecule has 1 fully saturated rings. The van der Waals surface area contributed by atoms with E-state index in [9.17, 15) is 4.79 Å². The second-order valence-electron chi connectivity index (χ2n) is 5.42. The molecule has 1 atom stereocenters. The quantitative estimate of drug-likeness (QED) is 0.738. The van der Waals surface area contributed by atoms with Crippen LogP contribution in [0.5, 0.6) is 0 Å². The maximum atomic E-state index is 11.7. The molecule has 1 amide bonds. The maximum Gasteiger partial charge on any atom is 0.220 e. The van der Waals surface area contributed by atoms with Crippen LogP contribution in [0.3, 0.4) is 0 Å². The Hall–Kier alpha value is -0.610. The average molecular weight is 242 g/mol. The van der Waals surface area contributed by atoms with E-state index in [-0.39, 0.29) is 17.4 Å². The molecule has 0 aromatic heterocycles. The van der Waals surface area contributed by atoms with Gasteiger partial charge in [-0.3, -0.25) is 4.79 Å². The summed E-state index contributed by atoms with van der Waals surface area (Å²) in [6.07, 6.45) is 3.79. The highest BCUT2D eigenvalue weighted by Gasteiger charge is 2.26. The van der Waals surface area contributed by atoms with Gasteiger partial charge >= 0.3 is 0 Å². The van der Waals surface area contributed by atoms with Gasteiger partial charge in [0.05, 0.1) is 6.10 Å². The number of nitrogens with one attached hydrogen (secondary N) is 2. The second-order valence-corrected chi connectivity index (χ2v) is 5.42. The lowest BCUT2D eigenvalue weighted by Gasteiger charge is -2.34. The second kappa shape index (κ2) is 6.97. The first-order valence-electron chi connectivity index (χ1n) is 6.56. The lowest BCUT2D eigenvalue weighted by atomic mass is 9.81. The fourth-order valence-electron chi connectivity index (χ4n) is 2.06. The van der Waals surface area contributed by atoms with Crippen molar-refractivity contribution in [3.05, 3.63) is 0 Å². The van der Waals surface area contributed by atoms with Crippen LogP contribution in [0, 0.1) is 5.41 Å². The Morgan fingerprint density at radius 1 is 1.47 bits per heavy atom. The van der Waals surface area contributed by atoms with Crippen LogP contribution in [0.2, 0.25) is 0 Å². The van der Waals surface area contributed by atoms with Gasteiger partial charge in [0.1, 0.15) is 0 Å². The highest BCUT2D eigenvalue weighted by molar-refractivity contribution is 5.75. The van der Waals surface area contributed by atoms with E-state index < -0.39 is 0 Å². The summed E-state index contributed by atoms with van der Waals surface area (Å²) >= 11 is 0. The molecular weight excluding hydrogens is 216 g/mol. The third-order valence-corrected chi connectivity index (χ3v) is 3.70. The minimum Gasteiger partial charge on any atom is -0.382 e. The summed E-state index contributed by atoms with van der Waals surface area (Å²) in [5.41, 5.74) is 0.272. The van der Waals surface area contributed by atoms with E-state index in [4.69, 9.17) is 4.74 Å². The van der Waals surface area contributed by atoms with Crippen molar-refractivity contribution >= 4 is 5.91 Å². The summed E-state index contributed by atoms with van der Waals surface area (Å²) in [4.78, 5) is 11.7. The Labute approximate surface area is 104 Å². The topological polar surface area (TPSA) is 50.4 Å². The van der Waals surface area contributed by atoms with Gasteiger partial charge in [-0.2, -0.15) is 0 Å². The molecule has 4 nitrogen and oxygen atoms in total. The molecule has 0 aromatic carbocycles. The molecule has 1 heterocycles. The van der Waals surface area contributed by atoms with Crippen molar-refractivity contribution in [2.75, 3.05) is 26.7 Å². The van der Waals surface area contributed by atoms with Crippen molar-refractivity contribution in [2.45, 2.75) is 45.6 Å². The zero-order valence-electron chi connectivity index (χ0n) is 11.3. The number of amides is 1. The molecule has 0 aliphatic carbocycles. The van der Waals surface area contributed by atoms with Gasteiger partial charge in [-0.15, -0.1) is 0 Å². The number of hydrogen-bond acceptors (Lipinski definition) is 3. The van der Waals surface area contributed by atoms with Gasteiger partial charge in [0.2, 0.25) is 5.91 Å². The van der Waals surface area contributed by atoms with Gasteiger partial charge in [0, 0.05) is 20.1 Å². The van der Waals surface area contributed by atoms with Crippen molar-refractivity contribution in [1.82, 2.24) is 10.6 Å². The van der Waals surface area contributed by atoms with Gasteiger partial charge in [-0.25, -0.2) is 0 Å². The number of piperidine rings is 1. The summed E-state index contributed by atoms with van der Waals surface area (Å²) < 4.78 is 5.13. The summed E-state index contributed by atoms with van der Waals surface area (Å²) in [5.74, 6) is 0.147. The van der Waals surface area contributed by atoms with E-state index in [1.54, 1.807) is 7.11 Å².